The van der Waals surface area contributed by atoms with Gasteiger partial charge in [-0.2, -0.15) is 5.10 Å². The van der Waals surface area contributed by atoms with Gasteiger partial charge in [0.1, 0.15) is 5.52 Å². The number of hydrogen-bond acceptors (Lipinski definition) is 7. The van der Waals surface area contributed by atoms with Crippen molar-refractivity contribution in [2.24, 2.45) is 0 Å². The summed E-state index contributed by atoms with van der Waals surface area (Å²) in [5.41, 5.74) is 5.33. The van der Waals surface area contributed by atoms with E-state index in [4.69, 9.17) is 24.0 Å². The number of aryl methyl sites for hydroxylation is 1. The number of morpholine rings is 1. The summed E-state index contributed by atoms with van der Waals surface area (Å²) in [5, 5.41) is 4.76. The van der Waals surface area contributed by atoms with E-state index in [0.29, 0.717) is 48.4 Å². The van der Waals surface area contributed by atoms with Crippen LogP contribution in [0.5, 0.6) is 0 Å². The molecule has 3 aromatic heterocycles. The number of aromatic nitrogens is 3. The molecule has 1 aromatic carbocycles. The summed E-state index contributed by atoms with van der Waals surface area (Å²) < 4.78 is 18.3. The Balaban J connectivity index is 0.000000488. The summed E-state index contributed by atoms with van der Waals surface area (Å²) in [6, 6.07) is 14.0. The Hall–Kier alpha value is -3.49. The van der Waals surface area contributed by atoms with Gasteiger partial charge in [-0.05, 0) is 31.9 Å². The molecule has 1 aliphatic rings. The van der Waals surface area contributed by atoms with Crippen molar-refractivity contribution < 1.29 is 18.7 Å². The van der Waals surface area contributed by atoms with Gasteiger partial charge in [0.2, 0.25) is 0 Å². The van der Waals surface area contributed by atoms with Crippen molar-refractivity contribution in [3.63, 3.8) is 0 Å². The van der Waals surface area contributed by atoms with Crippen LogP contribution >= 0.6 is 0 Å². The third kappa shape index (κ3) is 9.00. The normalized spacial score (nSPS) is 12.6. The molecule has 0 spiro atoms. The summed E-state index contributed by atoms with van der Waals surface area (Å²) in [7, 11) is 1.76. The van der Waals surface area contributed by atoms with Gasteiger partial charge < -0.3 is 18.8 Å². The number of rotatable bonds is 8. The zero-order valence-electron chi connectivity index (χ0n) is 27.1. The number of fused-ring (bicyclic) bond motifs is 1. The minimum Gasteiger partial charge on any atom is -0.449 e. The number of nitrogens with zero attached hydrogens (tertiary/aromatic N) is 4. The molecule has 5 rings (SSSR count). The molecule has 0 amide bonds. The van der Waals surface area contributed by atoms with Gasteiger partial charge in [0.05, 0.1) is 30.7 Å². The summed E-state index contributed by atoms with van der Waals surface area (Å²) in [5.74, 6) is 0.995. The molecule has 4 heterocycles. The summed E-state index contributed by atoms with van der Waals surface area (Å²) in [6.45, 7) is 19.0. The van der Waals surface area contributed by atoms with E-state index in [1.807, 2.05) is 65.1 Å². The van der Waals surface area contributed by atoms with Gasteiger partial charge in [-0.15, -0.1) is 0 Å². The van der Waals surface area contributed by atoms with Crippen LogP contribution < -0.4 is 4.90 Å². The van der Waals surface area contributed by atoms with Crippen molar-refractivity contribution in [2.45, 2.75) is 80.8 Å². The number of hydrogen-bond donors (Lipinski definition) is 0. The molecule has 8 heteroatoms. The maximum Gasteiger partial charge on any atom is 0.197 e. The Morgan fingerprint density at radius 3 is 2.26 bits per heavy atom. The molecule has 0 atom stereocenters. The van der Waals surface area contributed by atoms with E-state index < -0.39 is 0 Å². The van der Waals surface area contributed by atoms with Crippen LogP contribution in [0.25, 0.3) is 28.2 Å². The summed E-state index contributed by atoms with van der Waals surface area (Å²) in [6.07, 6.45) is 5.05. The largest absolute Gasteiger partial charge is 0.449 e. The molecular formula is C34H50N4O4. The van der Waals surface area contributed by atoms with Crippen LogP contribution in [-0.2, 0) is 9.47 Å². The predicted molar refractivity (Wildman–Crippen MR) is 173 cm³/mol. The highest BCUT2D eigenvalue weighted by Crippen LogP contribution is 2.32. The second kappa shape index (κ2) is 18.1. The van der Waals surface area contributed by atoms with Crippen molar-refractivity contribution in [3.8, 4) is 17.1 Å². The minimum absolute atomic E-state index is 0.0340. The van der Waals surface area contributed by atoms with Crippen LogP contribution in [0.4, 0.5) is 5.69 Å². The van der Waals surface area contributed by atoms with Crippen LogP contribution in [0.1, 0.15) is 83.8 Å². The van der Waals surface area contributed by atoms with E-state index in [1.165, 1.54) is 5.56 Å². The molecule has 0 unspecified atom stereocenters. The molecule has 0 saturated carbocycles. The molecule has 0 N–H and O–H groups in total. The van der Waals surface area contributed by atoms with Crippen molar-refractivity contribution in [3.05, 3.63) is 60.0 Å². The fraction of sp³-hybridized carbons (Fsp3) is 0.500. The molecule has 4 aromatic rings. The molecular weight excluding hydrogens is 528 g/mol. The van der Waals surface area contributed by atoms with Crippen LogP contribution in [0, 0.1) is 6.92 Å². The SMILES string of the molecule is CC.CC.CCC(=O)c1cc2nc(-n3ccc(-c4cccc(C)c4)n3)cc(N3CCOCC3)c2o1.CCC(CC)OC. The number of carbonyl (C=O) groups is 1. The molecule has 8 nitrogen and oxygen atoms in total. The van der Waals surface area contributed by atoms with Crippen molar-refractivity contribution in [1.82, 2.24) is 14.8 Å². The van der Waals surface area contributed by atoms with Crippen molar-refractivity contribution >= 4 is 22.6 Å². The Morgan fingerprint density at radius 2 is 1.69 bits per heavy atom. The molecule has 0 aliphatic carbocycles. The van der Waals surface area contributed by atoms with E-state index in [1.54, 1.807) is 17.9 Å². The first-order valence-corrected chi connectivity index (χ1v) is 15.4. The van der Waals surface area contributed by atoms with Gasteiger partial charge in [0.25, 0.3) is 0 Å². The quantitative estimate of drug-likeness (QED) is 0.195. The Labute approximate surface area is 252 Å². The summed E-state index contributed by atoms with van der Waals surface area (Å²) >= 11 is 0. The first kappa shape index (κ1) is 34.7. The van der Waals surface area contributed by atoms with Crippen LogP contribution in [0.3, 0.4) is 0 Å². The lowest BCUT2D eigenvalue weighted by Gasteiger charge is -2.28. The lowest BCUT2D eigenvalue weighted by Crippen LogP contribution is -2.36. The average molecular weight is 579 g/mol. The smallest absolute Gasteiger partial charge is 0.197 e. The molecule has 1 saturated heterocycles. The number of Topliss-reactive ketones (excluding diaryl/α,β-unsaturated/α-hetero) is 1. The van der Waals surface area contributed by atoms with Crippen LogP contribution in [-0.4, -0.2) is 60.1 Å². The number of benzene rings is 1. The lowest BCUT2D eigenvalue weighted by molar-refractivity contribution is 0.0961. The molecule has 1 fully saturated rings. The Bertz CT molecular complexity index is 1350. The van der Waals surface area contributed by atoms with Crippen molar-refractivity contribution in [2.75, 3.05) is 38.3 Å². The zero-order chi connectivity index (χ0) is 31.1. The maximum atomic E-state index is 12.2. The minimum atomic E-state index is -0.0340. The number of ether oxygens (including phenoxy) is 2. The van der Waals surface area contributed by atoms with E-state index in [0.717, 1.165) is 42.9 Å². The van der Waals surface area contributed by atoms with Gasteiger partial charge in [-0.3, -0.25) is 4.79 Å². The monoisotopic (exact) mass is 578 g/mol. The lowest BCUT2D eigenvalue weighted by atomic mass is 10.1. The molecule has 1 aliphatic heterocycles. The third-order valence-electron chi connectivity index (χ3n) is 6.78. The Kier molecular flexibility index (Phi) is 15.0. The van der Waals surface area contributed by atoms with E-state index in [-0.39, 0.29) is 5.78 Å². The van der Waals surface area contributed by atoms with Crippen LogP contribution in [0.2, 0.25) is 0 Å². The summed E-state index contributed by atoms with van der Waals surface area (Å²) in [4.78, 5) is 19.2. The van der Waals surface area contributed by atoms with Gasteiger partial charge in [-0.25, -0.2) is 9.67 Å². The highest BCUT2D eigenvalue weighted by molar-refractivity contribution is 5.99. The predicted octanol–water partition coefficient (Wildman–Crippen LogP) is 8.29. The molecule has 42 heavy (non-hydrogen) atoms. The zero-order valence-corrected chi connectivity index (χ0v) is 27.1. The fourth-order valence-corrected chi connectivity index (χ4v) is 4.49. The van der Waals surface area contributed by atoms with Gasteiger partial charge in [0.15, 0.2) is 22.9 Å². The fourth-order valence-electron chi connectivity index (χ4n) is 4.49. The number of anilines is 1. The second-order valence-electron chi connectivity index (χ2n) is 9.39. The molecule has 0 radical (unpaired) electrons. The van der Waals surface area contributed by atoms with E-state index in [9.17, 15) is 4.79 Å². The number of carbonyl (C=O) groups excluding carboxylic acids is 1. The number of methoxy groups -OCH3 is 1. The third-order valence-corrected chi connectivity index (χ3v) is 6.78. The number of furan rings is 1. The van der Waals surface area contributed by atoms with E-state index >= 15 is 0 Å². The van der Waals surface area contributed by atoms with E-state index in [2.05, 4.69) is 37.8 Å². The molecule has 230 valence electrons. The highest BCUT2D eigenvalue weighted by Gasteiger charge is 2.21. The Morgan fingerprint density at radius 1 is 1.00 bits per heavy atom. The van der Waals surface area contributed by atoms with Gasteiger partial charge in [-0.1, -0.05) is 72.2 Å². The standard InChI is InChI=1S/C24H24N4O3.C6H14O.2C2H6/c1-3-21(29)22-14-19-24(31-22)20(27-9-11-30-12-10-27)15-23(25-19)28-8-7-18(26-28)17-6-4-5-16(2)13-17;1-4-6(5-2)7-3;2*1-2/h4-8,13-15H,3,9-12H2,1-2H3;6H,4-5H2,1-3H3;2*1-2H3. The highest BCUT2D eigenvalue weighted by atomic mass is 16.5. The maximum absolute atomic E-state index is 12.2. The number of ketones is 1. The first-order valence-electron chi connectivity index (χ1n) is 15.4. The second-order valence-corrected chi connectivity index (χ2v) is 9.39. The van der Waals surface area contributed by atoms with Crippen LogP contribution in [0.15, 0.2) is 53.1 Å². The average Bonchev–Trinajstić information content (AvgIpc) is 3.72. The first-order chi connectivity index (χ1) is 20.5. The molecule has 0 bridgehead atoms. The van der Waals surface area contributed by atoms with Gasteiger partial charge in [0, 0.05) is 50.5 Å². The van der Waals surface area contributed by atoms with Gasteiger partial charge >= 0.3 is 0 Å². The van der Waals surface area contributed by atoms with Crippen molar-refractivity contribution in [1.29, 1.82) is 0 Å². The topological polar surface area (TPSA) is 82.6 Å². The number of pyridine rings is 1.